The van der Waals surface area contributed by atoms with Crippen LogP contribution in [0.1, 0.15) is 19.8 Å². The van der Waals surface area contributed by atoms with Crippen LogP contribution in [0.4, 0.5) is 11.5 Å². The molecular formula is C15H17N3O3. The van der Waals surface area contributed by atoms with Gasteiger partial charge in [-0.3, -0.25) is 10.1 Å². The fourth-order valence-electron chi connectivity index (χ4n) is 2.61. The minimum atomic E-state index is -0.589. The van der Waals surface area contributed by atoms with E-state index in [0.29, 0.717) is 12.8 Å². The monoisotopic (exact) mass is 287 g/mol. The SMILES string of the molecule is CC1(O)CCN(c2ccc3cc([N+](=O)[O-])ccc3n2)CC1. The van der Waals surface area contributed by atoms with Gasteiger partial charge in [0.15, 0.2) is 0 Å². The Kier molecular flexibility index (Phi) is 3.25. The lowest BCUT2D eigenvalue weighted by atomic mass is 9.94. The Bertz CT molecular complexity index is 690. The molecule has 1 aromatic carbocycles. The zero-order valence-corrected chi connectivity index (χ0v) is 11.8. The van der Waals surface area contributed by atoms with Crippen LogP contribution in [0.5, 0.6) is 0 Å². The minimum absolute atomic E-state index is 0.0751. The van der Waals surface area contributed by atoms with Gasteiger partial charge >= 0.3 is 0 Å². The molecule has 0 unspecified atom stereocenters. The topological polar surface area (TPSA) is 79.5 Å². The van der Waals surface area contributed by atoms with Crippen molar-refractivity contribution >= 4 is 22.4 Å². The lowest BCUT2D eigenvalue weighted by molar-refractivity contribution is -0.384. The van der Waals surface area contributed by atoms with Gasteiger partial charge in [0.2, 0.25) is 0 Å². The largest absolute Gasteiger partial charge is 0.390 e. The molecule has 0 bridgehead atoms. The van der Waals surface area contributed by atoms with E-state index in [9.17, 15) is 15.2 Å². The number of benzene rings is 1. The van der Waals surface area contributed by atoms with Crippen LogP contribution in [0.3, 0.4) is 0 Å². The summed E-state index contributed by atoms with van der Waals surface area (Å²) in [5, 5.41) is 21.5. The maximum atomic E-state index is 10.8. The zero-order valence-electron chi connectivity index (χ0n) is 11.8. The van der Waals surface area contributed by atoms with Crippen LogP contribution < -0.4 is 4.90 Å². The molecule has 1 fully saturated rings. The van der Waals surface area contributed by atoms with E-state index in [2.05, 4.69) is 9.88 Å². The van der Waals surface area contributed by atoms with Gasteiger partial charge < -0.3 is 10.0 Å². The summed E-state index contributed by atoms with van der Waals surface area (Å²) in [7, 11) is 0. The van der Waals surface area contributed by atoms with Crippen molar-refractivity contribution in [1.29, 1.82) is 0 Å². The fourth-order valence-corrected chi connectivity index (χ4v) is 2.61. The molecule has 1 N–H and O–H groups in total. The maximum Gasteiger partial charge on any atom is 0.270 e. The number of nitro benzene ring substituents is 1. The van der Waals surface area contributed by atoms with Gasteiger partial charge in [-0.2, -0.15) is 0 Å². The maximum absolute atomic E-state index is 10.8. The standard InChI is InChI=1S/C15H17N3O3/c1-15(19)6-8-17(9-7-15)14-5-2-11-10-12(18(20)21)3-4-13(11)16-14/h2-5,10,19H,6-9H2,1H3. The summed E-state index contributed by atoms with van der Waals surface area (Å²) in [4.78, 5) is 17.1. The van der Waals surface area contributed by atoms with Gasteiger partial charge in [-0.1, -0.05) is 0 Å². The minimum Gasteiger partial charge on any atom is -0.390 e. The molecule has 21 heavy (non-hydrogen) atoms. The van der Waals surface area contributed by atoms with Gasteiger partial charge in [0, 0.05) is 30.6 Å². The number of nitrogens with zero attached hydrogens (tertiary/aromatic N) is 3. The van der Waals surface area contributed by atoms with E-state index in [1.54, 1.807) is 6.07 Å². The molecule has 3 rings (SSSR count). The molecule has 0 saturated carbocycles. The number of pyridine rings is 1. The van der Waals surface area contributed by atoms with Gasteiger partial charge in [-0.05, 0) is 38.0 Å². The summed E-state index contributed by atoms with van der Waals surface area (Å²) < 4.78 is 0. The van der Waals surface area contributed by atoms with Crippen molar-refractivity contribution < 1.29 is 10.0 Å². The average molecular weight is 287 g/mol. The molecule has 0 atom stereocenters. The summed E-state index contributed by atoms with van der Waals surface area (Å²) in [6.07, 6.45) is 1.43. The highest BCUT2D eigenvalue weighted by Crippen LogP contribution is 2.27. The van der Waals surface area contributed by atoms with Crippen molar-refractivity contribution in [2.45, 2.75) is 25.4 Å². The smallest absolute Gasteiger partial charge is 0.270 e. The van der Waals surface area contributed by atoms with Crippen molar-refractivity contribution in [1.82, 2.24) is 4.98 Å². The van der Waals surface area contributed by atoms with Crippen molar-refractivity contribution in [3.63, 3.8) is 0 Å². The number of anilines is 1. The highest BCUT2D eigenvalue weighted by atomic mass is 16.6. The number of aliphatic hydroxyl groups is 1. The van der Waals surface area contributed by atoms with Crippen molar-refractivity contribution in [2.24, 2.45) is 0 Å². The van der Waals surface area contributed by atoms with Gasteiger partial charge in [0.25, 0.3) is 5.69 Å². The van der Waals surface area contributed by atoms with Crippen LogP contribution >= 0.6 is 0 Å². The first-order valence-corrected chi connectivity index (χ1v) is 6.97. The molecule has 2 aromatic rings. The van der Waals surface area contributed by atoms with E-state index in [1.807, 2.05) is 19.1 Å². The number of hydrogen-bond donors (Lipinski definition) is 1. The molecule has 1 aliphatic heterocycles. The Balaban J connectivity index is 1.88. The second-order valence-corrected chi connectivity index (χ2v) is 5.79. The molecule has 0 radical (unpaired) electrons. The number of non-ortho nitro benzene ring substituents is 1. The van der Waals surface area contributed by atoms with E-state index in [0.717, 1.165) is 29.8 Å². The molecule has 0 spiro atoms. The van der Waals surface area contributed by atoms with Crippen LogP contribution in [-0.4, -0.2) is 33.7 Å². The molecule has 0 amide bonds. The Hall–Kier alpha value is -2.21. The van der Waals surface area contributed by atoms with Crippen LogP contribution in [0.2, 0.25) is 0 Å². The highest BCUT2D eigenvalue weighted by molar-refractivity contribution is 5.82. The second kappa shape index (κ2) is 4.96. The first-order chi connectivity index (χ1) is 9.94. The average Bonchev–Trinajstić information content (AvgIpc) is 2.46. The van der Waals surface area contributed by atoms with E-state index >= 15 is 0 Å². The summed E-state index contributed by atoms with van der Waals surface area (Å²) in [5.74, 6) is 0.854. The third-order valence-corrected chi connectivity index (χ3v) is 4.03. The number of rotatable bonds is 2. The number of hydrogen-bond acceptors (Lipinski definition) is 5. The molecular weight excluding hydrogens is 270 g/mol. The zero-order chi connectivity index (χ0) is 15.0. The molecule has 2 heterocycles. The lowest BCUT2D eigenvalue weighted by Crippen LogP contribution is -2.42. The predicted molar refractivity (Wildman–Crippen MR) is 80.5 cm³/mol. The fraction of sp³-hybridized carbons (Fsp3) is 0.400. The molecule has 110 valence electrons. The molecule has 1 aliphatic rings. The van der Waals surface area contributed by atoms with E-state index < -0.39 is 10.5 Å². The molecule has 6 heteroatoms. The van der Waals surface area contributed by atoms with E-state index in [-0.39, 0.29) is 5.69 Å². The van der Waals surface area contributed by atoms with Gasteiger partial charge in [-0.25, -0.2) is 4.98 Å². The number of piperidine rings is 1. The van der Waals surface area contributed by atoms with Crippen LogP contribution in [-0.2, 0) is 0 Å². The van der Waals surface area contributed by atoms with Crippen molar-refractivity contribution in [2.75, 3.05) is 18.0 Å². The third-order valence-electron chi connectivity index (χ3n) is 4.03. The summed E-state index contributed by atoms with van der Waals surface area (Å²) in [6, 6.07) is 8.42. The molecule has 0 aliphatic carbocycles. The summed E-state index contributed by atoms with van der Waals surface area (Å²) in [6.45, 7) is 3.38. The van der Waals surface area contributed by atoms with Gasteiger partial charge in [0.1, 0.15) is 5.82 Å². The Labute approximate surface area is 122 Å². The van der Waals surface area contributed by atoms with Gasteiger partial charge in [0.05, 0.1) is 16.0 Å². The van der Waals surface area contributed by atoms with Gasteiger partial charge in [-0.15, -0.1) is 0 Å². The van der Waals surface area contributed by atoms with Crippen LogP contribution in [0, 0.1) is 10.1 Å². The Morgan fingerprint density at radius 1 is 1.29 bits per heavy atom. The second-order valence-electron chi connectivity index (χ2n) is 5.79. The normalized spacial score (nSPS) is 17.9. The number of aromatic nitrogens is 1. The third kappa shape index (κ3) is 2.80. The number of nitro groups is 1. The van der Waals surface area contributed by atoms with E-state index in [4.69, 9.17) is 0 Å². The molecule has 1 saturated heterocycles. The molecule has 1 aromatic heterocycles. The first-order valence-electron chi connectivity index (χ1n) is 6.97. The predicted octanol–water partition coefficient (Wildman–Crippen LogP) is 2.49. The number of fused-ring (bicyclic) bond motifs is 1. The first kappa shape index (κ1) is 13.8. The Morgan fingerprint density at radius 2 is 2.00 bits per heavy atom. The van der Waals surface area contributed by atoms with E-state index in [1.165, 1.54) is 12.1 Å². The summed E-state index contributed by atoms with van der Waals surface area (Å²) >= 11 is 0. The molecule has 6 nitrogen and oxygen atoms in total. The van der Waals surface area contributed by atoms with Crippen LogP contribution in [0.25, 0.3) is 10.9 Å². The Morgan fingerprint density at radius 3 is 2.67 bits per heavy atom. The summed E-state index contributed by atoms with van der Waals surface area (Å²) in [5.41, 5.74) is 0.232. The lowest BCUT2D eigenvalue weighted by Gasteiger charge is -2.36. The van der Waals surface area contributed by atoms with Crippen molar-refractivity contribution in [3.8, 4) is 0 Å². The quantitative estimate of drug-likeness (QED) is 0.678. The van der Waals surface area contributed by atoms with Crippen molar-refractivity contribution in [3.05, 3.63) is 40.4 Å². The highest BCUT2D eigenvalue weighted by Gasteiger charge is 2.27. The van der Waals surface area contributed by atoms with Crippen LogP contribution in [0.15, 0.2) is 30.3 Å².